The minimum Gasteiger partial charge on any atom is -0.496 e. The Hall–Kier alpha value is -4.23. The number of hydrogen-bond donors (Lipinski definition) is 1. The number of nitrogens with zero attached hydrogens (tertiary/aromatic N) is 4. The van der Waals surface area contributed by atoms with E-state index >= 15 is 0 Å². The fourth-order valence-corrected chi connectivity index (χ4v) is 5.07. The summed E-state index contributed by atoms with van der Waals surface area (Å²) < 4.78 is 5.59. The molecule has 7 heteroatoms. The molecule has 5 rings (SSSR count). The third-order valence-corrected chi connectivity index (χ3v) is 7.12. The smallest absolute Gasteiger partial charge is 0.253 e. The molecular weight excluding hydrogens is 474 g/mol. The minimum atomic E-state index is 0.0702. The highest BCUT2D eigenvalue weighted by Crippen LogP contribution is 2.32. The van der Waals surface area contributed by atoms with Crippen molar-refractivity contribution in [1.29, 1.82) is 0 Å². The van der Waals surface area contributed by atoms with E-state index in [0.717, 1.165) is 58.7 Å². The van der Waals surface area contributed by atoms with Gasteiger partial charge in [-0.3, -0.25) is 14.7 Å². The summed E-state index contributed by atoms with van der Waals surface area (Å²) in [6, 6.07) is 14.1. The topological polar surface area (TPSA) is 74.3 Å². The van der Waals surface area contributed by atoms with Crippen LogP contribution in [0.4, 0.5) is 0 Å². The van der Waals surface area contributed by atoms with Crippen LogP contribution in [0.25, 0.3) is 27.7 Å². The lowest BCUT2D eigenvalue weighted by molar-refractivity contribution is 0.0628. The summed E-state index contributed by atoms with van der Waals surface area (Å²) in [5, 5.41) is 1.01. The number of pyridine rings is 2. The van der Waals surface area contributed by atoms with Gasteiger partial charge in [-0.15, -0.1) is 0 Å². The number of carbonyl (C=O) groups excluding carboxylic acids is 1. The fraction of sp³-hybridized carbons (Fsp3) is 0.258. The van der Waals surface area contributed by atoms with Crippen molar-refractivity contribution in [2.24, 2.45) is 0 Å². The second-order valence-electron chi connectivity index (χ2n) is 9.39. The van der Waals surface area contributed by atoms with Gasteiger partial charge in [0, 0.05) is 85.2 Å². The van der Waals surface area contributed by atoms with Crippen LogP contribution in [0.3, 0.4) is 0 Å². The minimum absolute atomic E-state index is 0.0702. The molecular formula is C31H33N5O2. The van der Waals surface area contributed by atoms with Crippen LogP contribution in [0, 0.1) is 0 Å². The molecule has 1 saturated heterocycles. The van der Waals surface area contributed by atoms with E-state index in [4.69, 9.17) is 4.74 Å². The molecule has 1 amide bonds. The standard InChI is InChI=1S/C31H33N5O2/c1-4-26(29(5-2)38-3)28-20-34-30-27(28)18-25(19-33-30)23-7-6-8-24(17-23)31(37)36-15-13-35(14-16-36)21-22-9-11-32-12-10-22/h4-12,17-20H,13-16,21H2,1-3H3,(H,33,34)/b26-4-,29-5+. The van der Waals surface area contributed by atoms with Gasteiger partial charge in [-0.05, 0) is 61.4 Å². The Labute approximate surface area is 223 Å². The zero-order chi connectivity index (χ0) is 26.5. The number of carbonyl (C=O) groups is 1. The summed E-state index contributed by atoms with van der Waals surface area (Å²) in [5.74, 6) is 0.882. The maximum atomic E-state index is 13.4. The molecule has 0 unspecified atom stereocenters. The molecule has 194 valence electrons. The zero-order valence-electron chi connectivity index (χ0n) is 22.1. The second kappa shape index (κ2) is 11.4. The first kappa shape index (κ1) is 25.4. The molecule has 1 fully saturated rings. The number of H-pyrrole nitrogens is 1. The van der Waals surface area contributed by atoms with E-state index in [2.05, 4.69) is 25.9 Å². The largest absolute Gasteiger partial charge is 0.496 e. The summed E-state index contributed by atoms with van der Waals surface area (Å²) in [6.45, 7) is 7.99. The number of fused-ring (bicyclic) bond motifs is 1. The Balaban J connectivity index is 1.34. The first-order chi connectivity index (χ1) is 18.6. The van der Waals surface area contributed by atoms with Crippen molar-refractivity contribution >= 4 is 22.5 Å². The van der Waals surface area contributed by atoms with Crippen LogP contribution in [0.1, 0.15) is 35.3 Å². The van der Waals surface area contributed by atoms with Gasteiger partial charge in [0.1, 0.15) is 11.4 Å². The van der Waals surface area contributed by atoms with E-state index in [1.807, 2.05) is 92.1 Å². The second-order valence-corrected chi connectivity index (χ2v) is 9.39. The van der Waals surface area contributed by atoms with Gasteiger partial charge in [-0.2, -0.15) is 0 Å². The predicted octanol–water partition coefficient (Wildman–Crippen LogP) is 5.54. The van der Waals surface area contributed by atoms with Gasteiger partial charge in [0.05, 0.1) is 7.11 Å². The highest BCUT2D eigenvalue weighted by Gasteiger charge is 2.22. The van der Waals surface area contributed by atoms with E-state index in [1.54, 1.807) is 7.11 Å². The fourth-order valence-electron chi connectivity index (χ4n) is 5.07. The molecule has 0 saturated carbocycles. The Morgan fingerprint density at radius 3 is 2.53 bits per heavy atom. The molecule has 38 heavy (non-hydrogen) atoms. The van der Waals surface area contributed by atoms with Crippen molar-refractivity contribution in [2.75, 3.05) is 33.3 Å². The molecule has 1 aliphatic heterocycles. The Kier molecular flexibility index (Phi) is 7.65. The Morgan fingerprint density at radius 2 is 1.82 bits per heavy atom. The van der Waals surface area contributed by atoms with E-state index in [-0.39, 0.29) is 5.91 Å². The van der Waals surface area contributed by atoms with Crippen LogP contribution in [0.15, 0.2) is 85.2 Å². The van der Waals surface area contributed by atoms with Gasteiger partial charge in [-0.1, -0.05) is 18.2 Å². The van der Waals surface area contributed by atoms with Gasteiger partial charge >= 0.3 is 0 Å². The normalized spacial score (nSPS) is 15.2. The average molecular weight is 508 g/mol. The number of amides is 1. The highest BCUT2D eigenvalue weighted by atomic mass is 16.5. The third kappa shape index (κ3) is 5.24. The predicted molar refractivity (Wildman–Crippen MR) is 151 cm³/mol. The van der Waals surface area contributed by atoms with Crippen LogP contribution in [0.5, 0.6) is 0 Å². The van der Waals surface area contributed by atoms with Gasteiger partial charge in [0.25, 0.3) is 5.91 Å². The van der Waals surface area contributed by atoms with Crippen molar-refractivity contribution in [2.45, 2.75) is 20.4 Å². The van der Waals surface area contributed by atoms with E-state index < -0.39 is 0 Å². The lowest BCUT2D eigenvalue weighted by atomic mass is 9.99. The highest BCUT2D eigenvalue weighted by molar-refractivity contribution is 5.98. The summed E-state index contributed by atoms with van der Waals surface area (Å²) in [4.78, 5) is 29.8. The number of allylic oxidation sites excluding steroid dienone is 3. The number of aromatic amines is 1. The Morgan fingerprint density at radius 1 is 1.03 bits per heavy atom. The number of benzene rings is 1. The average Bonchev–Trinajstić information content (AvgIpc) is 3.39. The van der Waals surface area contributed by atoms with Crippen LogP contribution >= 0.6 is 0 Å². The number of aromatic nitrogens is 3. The first-order valence-electron chi connectivity index (χ1n) is 13.0. The lowest BCUT2D eigenvalue weighted by Crippen LogP contribution is -2.48. The molecule has 0 radical (unpaired) electrons. The number of ether oxygens (including phenoxy) is 1. The molecule has 4 heterocycles. The SMILES string of the molecule is C/C=C(\C(=C/C)OC)c1c[nH]c2ncc(-c3cccc(C(=O)N4CCN(Cc5ccncc5)CC4)c3)cc12. The van der Waals surface area contributed by atoms with E-state index in [9.17, 15) is 4.79 Å². The summed E-state index contributed by atoms with van der Waals surface area (Å²) in [5.41, 5.74) is 6.72. The van der Waals surface area contributed by atoms with Gasteiger partial charge in [0.15, 0.2) is 0 Å². The molecule has 1 aromatic carbocycles. The molecule has 0 spiro atoms. The van der Waals surface area contributed by atoms with Crippen molar-refractivity contribution in [3.63, 3.8) is 0 Å². The van der Waals surface area contributed by atoms with E-state index in [1.165, 1.54) is 5.56 Å². The zero-order valence-corrected chi connectivity index (χ0v) is 22.1. The van der Waals surface area contributed by atoms with Gasteiger partial charge in [-0.25, -0.2) is 4.98 Å². The van der Waals surface area contributed by atoms with Crippen molar-refractivity contribution in [3.05, 3.63) is 102 Å². The number of methoxy groups -OCH3 is 1. The van der Waals surface area contributed by atoms with Crippen LogP contribution in [0.2, 0.25) is 0 Å². The summed E-state index contributed by atoms with van der Waals surface area (Å²) >= 11 is 0. The van der Waals surface area contributed by atoms with Crippen molar-refractivity contribution < 1.29 is 9.53 Å². The number of nitrogens with one attached hydrogen (secondary N) is 1. The number of piperazine rings is 1. The molecule has 1 N–H and O–H groups in total. The molecule has 4 aromatic rings. The maximum absolute atomic E-state index is 13.4. The maximum Gasteiger partial charge on any atom is 0.253 e. The van der Waals surface area contributed by atoms with Crippen LogP contribution in [-0.2, 0) is 11.3 Å². The number of rotatable bonds is 7. The molecule has 0 atom stereocenters. The third-order valence-electron chi connectivity index (χ3n) is 7.12. The van der Waals surface area contributed by atoms with Crippen molar-refractivity contribution in [3.8, 4) is 11.1 Å². The van der Waals surface area contributed by atoms with Crippen LogP contribution in [-0.4, -0.2) is 63.9 Å². The molecule has 0 bridgehead atoms. The van der Waals surface area contributed by atoms with Crippen molar-refractivity contribution in [1.82, 2.24) is 24.8 Å². The monoisotopic (exact) mass is 507 g/mol. The number of hydrogen-bond acceptors (Lipinski definition) is 5. The lowest BCUT2D eigenvalue weighted by Gasteiger charge is -2.34. The van der Waals surface area contributed by atoms with Gasteiger partial charge in [0.2, 0.25) is 0 Å². The van der Waals surface area contributed by atoms with E-state index in [0.29, 0.717) is 18.7 Å². The van der Waals surface area contributed by atoms with Gasteiger partial charge < -0.3 is 14.6 Å². The Bertz CT molecular complexity index is 1480. The molecule has 0 aliphatic carbocycles. The quantitative estimate of drug-likeness (QED) is 0.263. The molecule has 3 aromatic heterocycles. The summed E-state index contributed by atoms with van der Waals surface area (Å²) in [6.07, 6.45) is 11.5. The molecule has 1 aliphatic rings. The molecule has 7 nitrogen and oxygen atoms in total. The summed E-state index contributed by atoms with van der Waals surface area (Å²) in [7, 11) is 1.68. The first-order valence-corrected chi connectivity index (χ1v) is 13.0. The van der Waals surface area contributed by atoms with Crippen LogP contribution < -0.4 is 0 Å².